The number of hydrogen-bond acceptors (Lipinski definition) is 4. The molecule has 1 rings (SSSR count). The first-order chi connectivity index (χ1) is 7.84. The molecule has 0 fully saturated rings. The number of amides is 1. The van der Waals surface area contributed by atoms with E-state index in [1.165, 1.54) is 0 Å². The van der Waals surface area contributed by atoms with Crippen molar-refractivity contribution in [2.24, 2.45) is 0 Å². The van der Waals surface area contributed by atoms with Crippen molar-refractivity contribution >= 4 is 17.7 Å². The predicted octanol–water partition coefficient (Wildman–Crippen LogP) is 1.21. The Labute approximate surface area is 99.7 Å². The van der Waals surface area contributed by atoms with Gasteiger partial charge in [-0.15, -0.1) is 0 Å². The standard InChI is InChI=1S/C11H17N3O3/c1-5-17-10(16)9(15)12-8-6-7(13-14-8)11(2,3)4/h6H,5H2,1-4H3,(H2,12,13,14,15). The number of aromatic amines is 1. The highest BCUT2D eigenvalue weighted by atomic mass is 16.5. The Morgan fingerprint density at radius 2 is 2.12 bits per heavy atom. The van der Waals surface area contributed by atoms with Crippen LogP contribution in [0.1, 0.15) is 33.4 Å². The lowest BCUT2D eigenvalue weighted by atomic mass is 9.92. The molecule has 6 nitrogen and oxygen atoms in total. The molecular formula is C11H17N3O3. The summed E-state index contributed by atoms with van der Waals surface area (Å²) in [5.74, 6) is -1.42. The maximum Gasteiger partial charge on any atom is 0.397 e. The van der Waals surface area contributed by atoms with Crippen molar-refractivity contribution in [3.8, 4) is 0 Å². The van der Waals surface area contributed by atoms with Gasteiger partial charge < -0.3 is 4.74 Å². The van der Waals surface area contributed by atoms with Crippen LogP contribution < -0.4 is 5.32 Å². The third-order valence-electron chi connectivity index (χ3n) is 2.09. The van der Waals surface area contributed by atoms with E-state index in [1.807, 2.05) is 20.8 Å². The second kappa shape index (κ2) is 4.99. The molecule has 0 radical (unpaired) electrons. The number of anilines is 1. The molecule has 0 aliphatic heterocycles. The largest absolute Gasteiger partial charge is 0.459 e. The molecule has 0 saturated carbocycles. The average molecular weight is 239 g/mol. The summed E-state index contributed by atoms with van der Waals surface area (Å²) in [5.41, 5.74) is 0.775. The average Bonchev–Trinajstić information content (AvgIpc) is 2.66. The molecule has 6 heteroatoms. The van der Waals surface area contributed by atoms with Crippen molar-refractivity contribution in [1.82, 2.24) is 10.2 Å². The van der Waals surface area contributed by atoms with E-state index >= 15 is 0 Å². The number of carbonyl (C=O) groups excluding carboxylic acids is 2. The number of aromatic nitrogens is 2. The molecule has 0 aliphatic rings. The summed E-state index contributed by atoms with van der Waals surface area (Å²) in [4.78, 5) is 22.4. The van der Waals surface area contributed by atoms with E-state index in [4.69, 9.17) is 0 Å². The van der Waals surface area contributed by atoms with Gasteiger partial charge in [0.2, 0.25) is 0 Å². The van der Waals surface area contributed by atoms with Crippen LogP contribution in [-0.2, 0) is 19.7 Å². The van der Waals surface area contributed by atoms with Gasteiger partial charge in [-0.3, -0.25) is 15.2 Å². The van der Waals surface area contributed by atoms with E-state index < -0.39 is 11.9 Å². The maximum absolute atomic E-state index is 11.3. The Kier molecular flexibility index (Phi) is 3.88. The summed E-state index contributed by atoms with van der Waals surface area (Å²) in [6, 6.07) is 1.69. The first-order valence-electron chi connectivity index (χ1n) is 5.38. The Balaban J connectivity index is 2.67. The highest BCUT2D eigenvalue weighted by Crippen LogP contribution is 2.21. The fourth-order valence-corrected chi connectivity index (χ4v) is 1.13. The topological polar surface area (TPSA) is 84.1 Å². The van der Waals surface area contributed by atoms with Crippen LogP contribution in [0.15, 0.2) is 6.07 Å². The van der Waals surface area contributed by atoms with E-state index in [-0.39, 0.29) is 12.0 Å². The monoisotopic (exact) mass is 239 g/mol. The molecule has 0 unspecified atom stereocenters. The van der Waals surface area contributed by atoms with E-state index in [0.29, 0.717) is 5.82 Å². The zero-order valence-electron chi connectivity index (χ0n) is 10.5. The first kappa shape index (κ1) is 13.2. The van der Waals surface area contributed by atoms with Crippen molar-refractivity contribution < 1.29 is 14.3 Å². The predicted molar refractivity (Wildman–Crippen MR) is 62.6 cm³/mol. The van der Waals surface area contributed by atoms with Crippen LogP contribution in [-0.4, -0.2) is 28.7 Å². The van der Waals surface area contributed by atoms with E-state index in [0.717, 1.165) is 5.69 Å². The van der Waals surface area contributed by atoms with Crippen LogP contribution in [0.5, 0.6) is 0 Å². The zero-order chi connectivity index (χ0) is 13.1. The van der Waals surface area contributed by atoms with Crippen LogP contribution in [0.4, 0.5) is 5.82 Å². The van der Waals surface area contributed by atoms with Gasteiger partial charge in [-0.1, -0.05) is 20.8 Å². The van der Waals surface area contributed by atoms with Gasteiger partial charge in [0.15, 0.2) is 5.82 Å². The molecule has 94 valence electrons. The second-order valence-electron chi connectivity index (χ2n) is 4.59. The van der Waals surface area contributed by atoms with Crippen LogP contribution in [0.25, 0.3) is 0 Å². The molecule has 0 aromatic carbocycles. The van der Waals surface area contributed by atoms with Crippen molar-refractivity contribution in [2.45, 2.75) is 33.1 Å². The fourth-order valence-electron chi connectivity index (χ4n) is 1.13. The molecule has 1 aromatic rings. The third-order valence-corrected chi connectivity index (χ3v) is 2.09. The number of ether oxygens (including phenoxy) is 1. The van der Waals surface area contributed by atoms with Gasteiger partial charge >= 0.3 is 11.9 Å². The third kappa shape index (κ3) is 3.58. The molecule has 1 heterocycles. The highest BCUT2D eigenvalue weighted by Gasteiger charge is 2.19. The molecule has 0 aliphatic carbocycles. The fraction of sp³-hybridized carbons (Fsp3) is 0.545. The van der Waals surface area contributed by atoms with Crippen LogP contribution in [0.2, 0.25) is 0 Å². The zero-order valence-corrected chi connectivity index (χ0v) is 10.5. The molecule has 1 amide bonds. The Morgan fingerprint density at radius 1 is 1.47 bits per heavy atom. The van der Waals surface area contributed by atoms with Gasteiger partial charge in [0.05, 0.1) is 6.61 Å². The summed E-state index contributed by atoms with van der Waals surface area (Å²) in [5, 5.41) is 9.07. The van der Waals surface area contributed by atoms with Crippen molar-refractivity contribution in [3.63, 3.8) is 0 Å². The van der Waals surface area contributed by atoms with Crippen LogP contribution >= 0.6 is 0 Å². The van der Waals surface area contributed by atoms with E-state index in [2.05, 4.69) is 20.3 Å². The van der Waals surface area contributed by atoms with Gasteiger partial charge in [0.25, 0.3) is 0 Å². The quantitative estimate of drug-likeness (QED) is 0.600. The van der Waals surface area contributed by atoms with Crippen molar-refractivity contribution in [3.05, 3.63) is 11.8 Å². The van der Waals surface area contributed by atoms with Gasteiger partial charge in [0, 0.05) is 17.2 Å². The number of carbonyl (C=O) groups is 2. The van der Waals surface area contributed by atoms with Crippen LogP contribution in [0, 0.1) is 0 Å². The van der Waals surface area contributed by atoms with Crippen molar-refractivity contribution in [2.75, 3.05) is 11.9 Å². The van der Waals surface area contributed by atoms with Gasteiger partial charge in [0.1, 0.15) is 0 Å². The SMILES string of the molecule is CCOC(=O)C(=O)Nc1cc(C(C)(C)C)[nH]n1. The molecule has 0 saturated heterocycles. The lowest BCUT2D eigenvalue weighted by molar-refractivity contribution is -0.152. The minimum atomic E-state index is -0.909. The number of nitrogens with zero attached hydrogens (tertiary/aromatic N) is 1. The molecule has 0 bridgehead atoms. The molecular weight excluding hydrogens is 222 g/mol. The molecule has 0 spiro atoms. The summed E-state index contributed by atoms with van der Waals surface area (Å²) in [7, 11) is 0. The lowest BCUT2D eigenvalue weighted by Crippen LogP contribution is -2.25. The molecule has 0 atom stereocenters. The minimum Gasteiger partial charge on any atom is -0.459 e. The smallest absolute Gasteiger partial charge is 0.397 e. The Morgan fingerprint density at radius 3 is 2.59 bits per heavy atom. The van der Waals surface area contributed by atoms with E-state index in [1.54, 1.807) is 13.0 Å². The van der Waals surface area contributed by atoms with Gasteiger partial charge in [-0.25, -0.2) is 4.79 Å². The highest BCUT2D eigenvalue weighted by molar-refractivity contribution is 6.37. The number of H-pyrrole nitrogens is 1. The lowest BCUT2D eigenvalue weighted by Gasteiger charge is -2.14. The Hall–Kier alpha value is -1.85. The molecule has 17 heavy (non-hydrogen) atoms. The number of esters is 1. The van der Waals surface area contributed by atoms with Crippen molar-refractivity contribution in [1.29, 1.82) is 0 Å². The van der Waals surface area contributed by atoms with E-state index in [9.17, 15) is 9.59 Å². The Bertz CT molecular complexity index is 418. The molecule has 1 aromatic heterocycles. The number of hydrogen-bond donors (Lipinski definition) is 2. The first-order valence-corrected chi connectivity index (χ1v) is 5.38. The molecule has 2 N–H and O–H groups in total. The van der Waals surface area contributed by atoms with Gasteiger partial charge in [-0.2, -0.15) is 5.10 Å². The normalized spacial score (nSPS) is 11.1. The summed E-state index contributed by atoms with van der Waals surface area (Å²) >= 11 is 0. The minimum absolute atomic E-state index is 0.0973. The van der Waals surface area contributed by atoms with Crippen LogP contribution in [0.3, 0.4) is 0 Å². The maximum atomic E-state index is 11.3. The van der Waals surface area contributed by atoms with Gasteiger partial charge in [-0.05, 0) is 6.92 Å². The summed E-state index contributed by atoms with van der Waals surface area (Å²) < 4.78 is 4.56. The number of rotatable bonds is 2. The second-order valence-corrected chi connectivity index (χ2v) is 4.59. The summed E-state index contributed by atoms with van der Waals surface area (Å²) in [6.07, 6.45) is 0. The number of nitrogens with one attached hydrogen (secondary N) is 2. The summed E-state index contributed by atoms with van der Waals surface area (Å²) in [6.45, 7) is 7.84.